The van der Waals surface area contributed by atoms with Gasteiger partial charge in [-0.1, -0.05) is 18.2 Å². The first-order valence-electron chi connectivity index (χ1n) is 10.2. The van der Waals surface area contributed by atoms with E-state index in [9.17, 15) is 14.4 Å². The lowest BCUT2D eigenvalue weighted by Crippen LogP contribution is -2.36. The van der Waals surface area contributed by atoms with Crippen molar-refractivity contribution in [2.75, 3.05) is 18.5 Å². The summed E-state index contributed by atoms with van der Waals surface area (Å²) in [5.41, 5.74) is 1.42. The minimum Gasteiger partial charge on any atom is -0.376 e. The fourth-order valence-corrected chi connectivity index (χ4v) is 3.48. The molecule has 0 aliphatic carbocycles. The Bertz CT molecular complexity index is 1120. The third kappa shape index (κ3) is 4.90. The van der Waals surface area contributed by atoms with Crippen LogP contribution in [0, 0.1) is 0 Å². The highest BCUT2D eigenvalue weighted by Crippen LogP contribution is 2.14. The molecule has 1 aliphatic heterocycles. The van der Waals surface area contributed by atoms with Gasteiger partial charge < -0.3 is 15.4 Å². The molecule has 7 heteroatoms. The van der Waals surface area contributed by atoms with Gasteiger partial charge >= 0.3 is 0 Å². The van der Waals surface area contributed by atoms with Gasteiger partial charge in [-0.2, -0.15) is 0 Å². The number of benzene rings is 2. The van der Waals surface area contributed by atoms with Gasteiger partial charge in [0.25, 0.3) is 17.4 Å². The topological polar surface area (TPSA) is 89.4 Å². The molecule has 0 radical (unpaired) electrons. The lowest BCUT2D eigenvalue weighted by atomic mass is 10.2. The van der Waals surface area contributed by atoms with Crippen molar-refractivity contribution in [3.05, 3.63) is 94.4 Å². The Labute approximate surface area is 179 Å². The normalized spacial score (nSPS) is 15.4. The van der Waals surface area contributed by atoms with Crippen LogP contribution in [-0.4, -0.2) is 35.6 Å². The van der Waals surface area contributed by atoms with E-state index in [0.29, 0.717) is 30.1 Å². The van der Waals surface area contributed by atoms with E-state index in [4.69, 9.17) is 4.74 Å². The molecule has 3 aromatic rings. The Morgan fingerprint density at radius 3 is 2.45 bits per heavy atom. The van der Waals surface area contributed by atoms with Crippen LogP contribution < -0.4 is 16.2 Å². The number of hydrogen-bond donors (Lipinski definition) is 2. The van der Waals surface area contributed by atoms with E-state index in [1.54, 1.807) is 60.8 Å². The van der Waals surface area contributed by atoms with Crippen LogP contribution in [0.1, 0.15) is 33.6 Å². The fourth-order valence-electron chi connectivity index (χ4n) is 3.48. The fraction of sp³-hybridized carbons (Fsp3) is 0.208. The molecule has 2 N–H and O–H groups in total. The maximum Gasteiger partial charge on any atom is 0.267 e. The molecule has 1 atom stereocenters. The number of nitrogens with one attached hydrogen (secondary N) is 2. The second-order valence-corrected chi connectivity index (χ2v) is 7.31. The molecule has 158 valence electrons. The zero-order chi connectivity index (χ0) is 21.6. The highest BCUT2D eigenvalue weighted by atomic mass is 16.5. The molecule has 1 fully saturated rings. The summed E-state index contributed by atoms with van der Waals surface area (Å²) in [6.07, 6.45) is 3.51. The second-order valence-electron chi connectivity index (χ2n) is 7.31. The van der Waals surface area contributed by atoms with Gasteiger partial charge in [0.1, 0.15) is 5.56 Å². The number of hydrogen-bond acceptors (Lipinski definition) is 4. The third-order valence-corrected chi connectivity index (χ3v) is 5.15. The monoisotopic (exact) mass is 417 g/mol. The summed E-state index contributed by atoms with van der Waals surface area (Å²) in [6.45, 7) is 1.10. The number of carbonyl (C=O) groups excluding carboxylic acids is 2. The van der Waals surface area contributed by atoms with Gasteiger partial charge in [0.15, 0.2) is 0 Å². The van der Waals surface area contributed by atoms with Gasteiger partial charge in [-0.25, -0.2) is 0 Å². The highest BCUT2D eigenvalue weighted by molar-refractivity contribution is 6.04. The van der Waals surface area contributed by atoms with Crippen molar-refractivity contribution in [2.24, 2.45) is 0 Å². The van der Waals surface area contributed by atoms with Crippen LogP contribution in [0.25, 0.3) is 5.69 Å². The number of pyridine rings is 1. The van der Waals surface area contributed by atoms with E-state index in [-0.39, 0.29) is 17.6 Å². The van der Waals surface area contributed by atoms with Crippen LogP contribution in [0.3, 0.4) is 0 Å². The van der Waals surface area contributed by atoms with Crippen molar-refractivity contribution in [3.63, 3.8) is 0 Å². The summed E-state index contributed by atoms with van der Waals surface area (Å²) in [6, 6.07) is 19.0. The first-order valence-corrected chi connectivity index (χ1v) is 10.2. The summed E-state index contributed by atoms with van der Waals surface area (Å²) >= 11 is 0. The lowest BCUT2D eigenvalue weighted by Gasteiger charge is -2.12. The smallest absolute Gasteiger partial charge is 0.267 e. The van der Waals surface area contributed by atoms with Crippen LogP contribution in [0.2, 0.25) is 0 Å². The summed E-state index contributed by atoms with van der Waals surface area (Å²) in [7, 11) is 0. The van der Waals surface area contributed by atoms with Crippen molar-refractivity contribution in [3.8, 4) is 5.69 Å². The van der Waals surface area contributed by atoms with E-state index in [0.717, 1.165) is 12.8 Å². The van der Waals surface area contributed by atoms with Crippen LogP contribution in [0.5, 0.6) is 0 Å². The van der Waals surface area contributed by atoms with Crippen LogP contribution in [-0.2, 0) is 4.74 Å². The molecule has 2 amide bonds. The first-order chi connectivity index (χ1) is 15.1. The quantitative estimate of drug-likeness (QED) is 0.645. The van der Waals surface area contributed by atoms with Gasteiger partial charge in [0.2, 0.25) is 0 Å². The number of aromatic nitrogens is 1. The lowest BCUT2D eigenvalue weighted by molar-refractivity contribution is 0.0856. The van der Waals surface area contributed by atoms with Crippen LogP contribution in [0.4, 0.5) is 5.69 Å². The molecule has 0 saturated carbocycles. The third-order valence-electron chi connectivity index (χ3n) is 5.15. The Morgan fingerprint density at radius 2 is 1.74 bits per heavy atom. The number of carbonyl (C=O) groups is 2. The van der Waals surface area contributed by atoms with Crippen molar-refractivity contribution < 1.29 is 14.3 Å². The molecule has 1 aromatic heterocycles. The molecule has 1 aliphatic rings. The van der Waals surface area contributed by atoms with Gasteiger partial charge in [-0.3, -0.25) is 19.0 Å². The maximum atomic E-state index is 12.9. The van der Waals surface area contributed by atoms with E-state index in [1.807, 2.05) is 6.07 Å². The average molecular weight is 417 g/mol. The molecule has 1 saturated heterocycles. The van der Waals surface area contributed by atoms with Gasteiger partial charge in [-0.15, -0.1) is 0 Å². The number of amides is 2. The predicted octanol–water partition coefficient (Wildman–Crippen LogP) is 3.00. The van der Waals surface area contributed by atoms with E-state index < -0.39 is 11.5 Å². The molecular formula is C24H23N3O4. The average Bonchev–Trinajstić information content (AvgIpc) is 3.33. The Kier molecular flexibility index (Phi) is 6.24. The number of nitrogens with zero attached hydrogens (tertiary/aromatic N) is 1. The molecule has 1 unspecified atom stereocenters. The predicted molar refractivity (Wildman–Crippen MR) is 118 cm³/mol. The van der Waals surface area contributed by atoms with E-state index in [1.165, 1.54) is 10.6 Å². The maximum absolute atomic E-state index is 12.9. The van der Waals surface area contributed by atoms with Crippen molar-refractivity contribution in [1.82, 2.24) is 9.88 Å². The standard InChI is InChI=1S/C24H23N3O4/c28-22(17-6-2-1-3-7-17)26-18-10-12-19(13-11-18)27-14-4-9-21(24(27)30)23(29)25-16-20-8-5-15-31-20/h1-4,6-7,9-14,20H,5,8,15-16H2,(H,25,29)(H,26,28). The van der Waals surface area contributed by atoms with Crippen molar-refractivity contribution >= 4 is 17.5 Å². The van der Waals surface area contributed by atoms with Gasteiger partial charge in [-0.05, 0) is 61.4 Å². The Hall–Kier alpha value is -3.71. The Morgan fingerprint density at radius 1 is 0.968 bits per heavy atom. The molecule has 2 aromatic carbocycles. The summed E-state index contributed by atoms with van der Waals surface area (Å²) in [5.74, 6) is -0.628. The molecule has 0 spiro atoms. The summed E-state index contributed by atoms with van der Waals surface area (Å²) in [5, 5.41) is 5.60. The minimum absolute atomic E-state index is 0.00790. The second kappa shape index (κ2) is 9.40. The van der Waals surface area contributed by atoms with E-state index >= 15 is 0 Å². The molecule has 31 heavy (non-hydrogen) atoms. The number of rotatable bonds is 6. The van der Waals surface area contributed by atoms with E-state index in [2.05, 4.69) is 10.6 Å². The summed E-state index contributed by atoms with van der Waals surface area (Å²) < 4.78 is 6.91. The zero-order valence-corrected chi connectivity index (χ0v) is 16.9. The number of ether oxygens (including phenoxy) is 1. The molecule has 4 rings (SSSR count). The first kappa shape index (κ1) is 20.6. The van der Waals surface area contributed by atoms with Gasteiger partial charge in [0, 0.05) is 36.3 Å². The van der Waals surface area contributed by atoms with Crippen LogP contribution in [0.15, 0.2) is 77.7 Å². The van der Waals surface area contributed by atoms with Crippen LogP contribution >= 0.6 is 0 Å². The SMILES string of the molecule is O=C(Nc1ccc(-n2cccc(C(=O)NCC3CCCO3)c2=O)cc1)c1ccccc1. The number of anilines is 1. The molecule has 7 nitrogen and oxygen atoms in total. The summed E-state index contributed by atoms with van der Waals surface area (Å²) in [4.78, 5) is 37.6. The van der Waals surface area contributed by atoms with Gasteiger partial charge in [0.05, 0.1) is 6.10 Å². The molecule has 0 bridgehead atoms. The highest BCUT2D eigenvalue weighted by Gasteiger charge is 2.18. The largest absolute Gasteiger partial charge is 0.376 e. The molecular weight excluding hydrogens is 394 g/mol. The Balaban J connectivity index is 1.46. The molecule has 2 heterocycles. The van der Waals surface area contributed by atoms with Crippen molar-refractivity contribution in [2.45, 2.75) is 18.9 Å². The van der Waals surface area contributed by atoms with Crippen molar-refractivity contribution in [1.29, 1.82) is 0 Å². The zero-order valence-electron chi connectivity index (χ0n) is 16.9. The minimum atomic E-state index is -0.415.